The van der Waals surface area contributed by atoms with Gasteiger partial charge in [-0.25, -0.2) is 0 Å². The molecule has 0 saturated carbocycles. The Labute approximate surface area is 428 Å². The molecule has 0 aromatic heterocycles. The highest BCUT2D eigenvalue weighted by Gasteiger charge is 2.45. The fourth-order valence-corrected chi connectivity index (χ4v) is 8.41. The molecule has 0 spiro atoms. The molecule has 2 saturated heterocycles. The van der Waals surface area contributed by atoms with E-state index in [0.717, 1.165) is 66.6 Å². The van der Waals surface area contributed by atoms with Gasteiger partial charge in [-0.05, 0) is 68.5 Å². The maximum atomic E-state index is 12.4. The normalized spacial score (nSPS) is 23.9. The van der Waals surface area contributed by atoms with E-state index in [1.54, 1.807) is 24.3 Å². The van der Waals surface area contributed by atoms with E-state index in [2.05, 4.69) is 66.6 Å². The van der Waals surface area contributed by atoms with Gasteiger partial charge in [0.2, 0.25) is 0 Å². The fraction of sp³-hybridized carbons (Fsp3) is 0.429. The van der Waals surface area contributed by atoms with Crippen LogP contribution in [0.2, 0.25) is 0 Å². The molecule has 6 aliphatic rings. The summed E-state index contributed by atoms with van der Waals surface area (Å²) in [5, 5.41) is 121. The summed E-state index contributed by atoms with van der Waals surface area (Å²) >= 11 is 0. The molecular formula is C56H76N2O15. The first kappa shape index (κ1) is 60.4. The van der Waals surface area contributed by atoms with Crippen LogP contribution in [0.1, 0.15) is 45.6 Å². The molecule has 400 valence electrons. The molecule has 12 N–H and O–H groups in total. The van der Waals surface area contributed by atoms with Gasteiger partial charge in [-0.3, -0.25) is 0 Å². The second kappa shape index (κ2) is 27.4. The van der Waals surface area contributed by atoms with Crippen molar-refractivity contribution in [1.82, 2.24) is 0 Å². The molecule has 17 heteroatoms. The summed E-state index contributed by atoms with van der Waals surface area (Å²) in [6, 6.07) is 38.0. The molecule has 2 aromatic carbocycles. The van der Waals surface area contributed by atoms with Crippen LogP contribution >= 0.6 is 0 Å². The second-order valence-electron chi connectivity index (χ2n) is 20.4. The third kappa shape index (κ3) is 16.9. The van der Waals surface area contributed by atoms with Gasteiger partial charge in [0.25, 0.3) is 0 Å². The van der Waals surface area contributed by atoms with Crippen molar-refractivity contribution in [3.63, 3.8) is 0 Å². The fourth-order valence-electron chi connectivity index (χ4n) is 8.41. The second-order valence-corrected chi connectivity index (χ2v) is 20.4. The molecule has 10 atom stereocenters. The molecule has 0 amide bonds. The zero-order chi connectivity index (χ0) is 52.9. The van der Waals surface area contributed by atoms with Crippen LogP contribution in [0.25, 0.3) is 22.3 Å². The van der Waals surface area contributed by atoms with Gasteiger partial charge in [-0.15, -0.1) is 11.5 Å². The van der Waals surface area contributed by atoms with E-state index in [1.165, 1.54) is 12.1 Å². The molecular weight excluding hydrogens is 941 g/mol. The maximum absolute atomic E-state index is 12.4. The van der Waals surface area contributed by atoms with Gasteiger partial charge in [0.05, 0.1) is 68.7 Å². The summed E-state index contributed by atoms with van der Waals surface area (Å²) in [5.41, 5.74) is 8.78. The molecule has 2 aromatic rings. The average Bonchev–Trinajstić information content (AvgIpc) is 3.72. The Kier molecular flexibility index (Phi) is 22.7. The zero-order valence-corrected chi connectivity index (χ0v) is 42.5. The number of aliphatic hydroxyl groups is 10. The standard InChI is InChI=1S/2C23H24O6.2C5H14NO.H2O/c2*24-12-19-20(26)21(27)22(28)23(29-19)17-11-13(6-7-18(17)25)8-14-9-15-4-2-1-3-5-16(15)10-14;2*1-6(2,3)4-5-7;/h2*1-7,9-11,19-28H,8,12H2;2*7H,4-5H2,1-3H3;1H2/q;;2*+1;/p-2/t2*19-,20-,21+,22-,23+;;;/m11.../s1. The average molecular weight is 1020 g/mol. The highest BCUT2D eigenvalue weighted by Crippen LogP contribution is 2.39. The van der Waals surface area contributed by atoms with E-state index in [-0.39, 0.29) is 41.3 Å². The molecule has 2 fully saturated rings. The molecule has 2 heterocycles. The quantitative estimate of drug-likeness (QED) is 0.0747. The monoisotopic (exact) mass is 1020 g/mol. The molecule has 73 heavy (non-hydrogen) atoms. The van der Waals surface area contributed by atoms with E-state index >= 15 is 0 Å². The summed E-state index contributed by atoms with van der Waals surface area (Å²) in [5.74, 6) is -0.671. The number of likely N-dealkylation sites (N-methyl/N-ethyl adjacent to an activating group) is 2. The van der Waals surface area contributed by atoms with E-state index < -0.39 is 74.3 Å². The summed E-state index contributed by atoms with van der Waals surface area (Å²) in [6.07, 6.45) is -12.1. The molecule has 0 bridgehead atoms. The van der Waals surface area contributed by atoms with Gasteiger partial charge < -0.3 is 85.2 Å². The first-order valence-electron chi connectivity index (χ1n) is 24.1. The van der Waals surface area contributed by atoms with E-state index in [0.29, 0.717) is 12.8 Å². The van der Waals surface area contributed by atoms with Crippen molar-refractivity contribution >= 4 is 0 Å². The first-order chi connectivity index (χ1) is 34.1. The van der Waals surface area contributed by atoms with Gasteiger partial charge in [-0.2, -0.15) is 0 Å². The van der Waals surface area contributed by atoms with Crippen molar-refractivity contribution in [2.75, 3.05) is 81.8 Å². The number of hydrogen-bond donors (Lipinski definition) is 10. The van der Waals surface area contributed by atoms with E-state index in [1.807, 2.05) is 60.7 Å². The lowest BCUT2D eigenvalue weighted by molar-refractivity contribution is -0.870. The van der Waals surface area contributed by atoms with Crippen LogP contribution in [-0.4, -0.2) is 196 Å². The predicted molar refractivity (Wildman–Crippen MR) is 273 cm³/mol. The van der Waals surface area contributed by atoms with Crippen molar-refractivity contribution in [3.8, 4) is 33.8 Å². The number of aliphatic hydroxyl groups excluding tert-OH is 10. The molecule has 2 aliphatic heterocycles. The van der Waals surface area contributed by atoms with Gasteiger partial charge >= 0.3 is 0 Å². The lowest BCUT2D eigenvalue weighted by atomic mass is 9.89. The minimum absolute atomic E-state index is 0. The molecule has 17 nitrogen and oxygen atoms in total. The summed E-state index contributed by atoms with van der Waals surface area (Å²) in [7, 11) is 12.3. The smallest absolute Gasteiger partial charge is 0.113 e. The molecule has 8 rings (SSSR count). The topological polar surface area (TPSA) is 298 Å². The minimum atomic E-state index is -1.52. The Morgan fingerprint density at radius 3 is 0.986 bits per heavy atom. The van der Waals surface area contributed by atoms with Crippen molar-refractivity contribution in [2.45, 2.75) is 73.9 Å². The van der Waals surface area contributed by atoms with Gasteiger partial charge in [0, 0.05) is 0 Å². The van der Waals surface area contributed by atoms with E-state index in [4.69, 9.17) is 19.7 Å². The Bertz CT molecular complexity index is 2280. The van der Waals surface area contributed by atoms with Crippen LogP contribution < -0.4 is 10.2 Å². The van der Waals surface area contributed by atoms with Gasteiger partial charge in [0.15, 0.2) is 0 Å². The Morgan fingerprint density at radius 1 is 0.411 bits per heavy atom. The largest absolute Gasteiger partial charge is 0.872 e. The van der Waals surface area contributed by atoms with Crippen LogP contribution in [-0.2, 0) is 22.3 Å². The van der Waals surface area contributed by atoms with Gasteiger partial charge in [0.1, 0.15) is 74.1 Å². The van der Waals surface area contributed by atoms with Crippen molar-refractivity contribution < 1.29 is 85.2 Å². The van der Waals surface area contributed by atoms with E-state index in [9.17, 15) is 51.1 Å². The summed E-state index contributed by atoms with van der Waals surface area (Å²) in [4.78, 5) is 0. The number of fused-ring (bicyclic) bond motifs is 2. The van der Waals surface area contributed by atoms with Crippen molar-refractivity contribution in [2.24, 2.45) is 0 Å². The maximum Gasteiger partial charge on any atom is 0.113 e. The first-order valence-corrected chi connectivity index (χ1v) is 24.1. The number of nitrogens with zero attached hydrogens (tertiary/aromatic N) is 2. The van der Waals surface area contributed by atoms with Crippen LogP contribution in [0, 0.1) is 0 Å². The SMILES string of the molecule is C[N+](C)(C)CCO.C[N+](C)(C)CCO.O.[O-]c1ccc(Cc2cc3cccccc-3c2)cc1[C@@H]1O[C@H](CO)[C@@H](O)[C@H](O)[C@H]1O.[O-]c1ccc(Cc2cc3cccccc-3c2)cc1[C@@H]1O[C@H](CO)[C@@H](O)[C@H](O)[C@H]1O. The number of ether oxygens (including phenoxy) is 2. The number of quaternary nitrogens is 2. The summed E-state index contributed by atoms with van der Waals surface area (Å²) in [6.45, 7) is 1.16. The Hall–Kier alpha value is -5.16. The lowest BCUT2D eigenvalue weighted by Gasteiger charge is -2.41. The minimum Gasteiger partial charge on any atom is -0.872 e. The molecule has 4 aliphatic carbocycles. The third-order valence-electron chi connectivity index (χ3n) is 12.5. The zero-order valence-electron chi connectivity index (χ0n) is 42.5. The molecule has 0 radical (unpaired) electrons. The third-order valence-corrected chi connectivity index (χ3v) is 12.5. The Morgan fingerprint density at radius 2 is 0.726 bits per heavy atom. The van der Waals surface area contributed by atoms with Gasteiger partial charge in [-0.1, -0.05) is 121 Å². The Balaban J connectivity index is 0.000000249. The summed E-state index contributed by atoms with van der Waals surface area (Å²) < 4.78 is 12.8. The van der Waals surface area contributed by atoms with Crippen molar-refractivity contribution in [3.05, 3.63) is 155 Å². The number of benzene rings is 2. The number of hydrogen-bond acceptors (Lipinski definition) is 14. The molecule has 0 unspecified atom stereocenters. The van der Waals surface area contributed by atoms with Crippen LogP contribution in [0.15, 0.2) is 121 Å². The lowest BCUT2D eigenvalue weighted by Crippen LogP contribution is -2.55. The van der Waals surface area contributed by atoms with Crippen LogP contribution in [0.4, 0.5) is 0 Å². The predicted octanol–water partition coefficient (Wildman–Crippen LogP) is 0.487. The van der Waals surface area contributed by atoms with Crippen LogP contribution in [0.5, 0.6) is 11.5 Å². The highest BCUT2D eigenvalue weighted by molar-refractivity contribution is 5.69. The highest BCUT2D eigenvalue weighted by atomic mass is 16.6. The van der Waals surface area contributed by atoms with Crippen LogP contribution in [0.3, 0.4) is 0 Å². The van der Waals surface area contributed by atoms with Crippen molar-refractivity contribution in [1.29, 1.82) is 0 Å². The number of rotatable bonds is 12.